The van der Waals surface area contributed by atoms with Crippen LogP contribution in [0.25, 0.3) is 0 Å². The van der Waals surface area contributed by atoms with Gasteiger partial charge in [0.1, 0.15) is 0 Å². The predicted octanol–water partition coefficient (Wildman–Crippen LogP) is 3.61. The van der Waals surface area contributed by atoms with Gasteiger partial charge < -0.3 is 5.11 Å². The minimum absolute atomic E-state index is 0.0261. The molecule has 0 aromatic heterocycles. The van der Waals surface area contributed by atoms with Crippen LogP contribution in [0.5, 0.6) is 0 Å². The summed E-state index contributed by atoms with van der Waals surface area (Å²) >= 11 is 0. The highest BCUT2D eigenvalue weighted by molar-refractivity contribution is 5.21. The van der Waals surface area contributed by atoms with Gasteiger partial charge in [-0.3, -0.25) is 0 Å². The Hall–Kier alpha value is -0.0400. The van der Waals surface area contributed by atoms with E-state index in [0.29, 0.717) is 10.8 Å². The van der Waals surface area contributed by atoms with Gasteiger partial charge in [0.05, 0.1) is 6.10 Å². The Morgan fingerprint density at radius 3 is 2.44 bits per heavy atom. The van der Waals surface area contributed by atoms with Crippen LogP contribution in [0.4, 0.5) is 0 Å². The van der Waals surface area contributed by atoms with Crippen LogP contribution in [0.3, 0.4) is 0 Å². The van der Waals surface area contributed by atoms with Crippen molar-refractivity contribution >= 4 is 0 Å². The first-order chi connectivity index (χ1) is 7.34. The number of aliphatic hydroxyl groups excluding tert-OH is 1. The molecule has 0 aromatic carbocycles. The van der Waals surface area contributed by atoms with E-state index in [1.165, 1.54) is 25.7 Å². The van der Waals surface area contributed by atoms with Crippen molar-refractivity contribution in [3.8, 4) is 0 Å². The van der Waals surface area contributed by atoms with Crippen molar-refractivity contribution in [1.82, 2.24) is 0 Å². The van der Waals surface area contributed by atoms with Crippen LogP contribution in [0.1, 0.15) is 59.8 Å². The van der Waals surface area contributed by atoms with Gasteiger partial charge in [-0.2, -0.15) is 0 Å². The lowest BCUT2D eigenvalue weighted by Crippen LogP contribution is -2.45. The maximum Gasteiger partial charge on any atom is 0.0607 e. The molecule has 0 saturated heterocycles. The molecular weight excluding hydrogens is 196 g/mol. The summed E-state index contributed by atoms with van der Waals surface area (Å²) in [6, 6.07) is 0. The summed E-state index contributed by atoms with van der Waals surface area (Å²) in [5.41, 5.74) is 1.12. The lowest BCUT2D eigenvalue weighted by atomic mass is 9.61. The summed E-state index contributed by atoms with van der Waals surface area (Å²) in [6.07, 6.45) is 6.28. The molecular formula is C15H26O. The third-order valence-electron chi connectivity index (χ3n) is 6.64. The second-order valence-corrected chi connectivity index (χ2v) is 7.74. The van der Waals surface area contributed by atoms with Crippen molar-refractivity contribution < 1.29 is 5.11 Å². The molecule has 1 spiro atoms. The molecule has 1 heteroatoms. The Balaban J connectivity index is 2.16. The minimum atomic E-state index is -0.0261. The van der Waals surface area contributed by atoms with Crippen molar-refractivity contribution in [3.63, 3.8) is 0 Å². The first kappa shape index (κ1) is 11.1. The largest absolute Gasteiger partial charge is 0.393 e. The summed E-state index contributed by atoms with van der Waals surface area (Å²) in [4.78, 5) is 0. The Labute approximate surface area is 99.6 Å². The van der Waals surface area contributed by atoms with E-state index < -0.39 is 0 Å². The number of aliphatic hydroxyl groups is 1. The highest BCUT2D eigenvalue weighted by Crippen LogP contribution is 2.77. The molecule has 5 atom stereocenters. The third kappa shape index (κ3) is 0.939. The van der Waals surface area contributed by atoms with E-state index in [4.69, 9.17) is 0 Å². The quantitative estimate of drug-likeness (QED) is 0.664. The highest BCUT2D eigenvalue weighted by atomic mass is 16.3. The zero-order valence-corrected chi connectivity index (χ0v) is 11.2. The average Bonchev–Trinajstić information content (AvgIpc) is 2.68. The van der Waals surface area contributed by atoms with Crippen molar-refractivity contribution in [3.05, 3.63) is 0 Å². The van der Waals surface area contributed by atoms with Gasteiger partial charge in [0.15, 0.2) is 0 Å². The Morgan fingerprint density at radius 1 is 1.06 bits per heavy atom. The van der Waals surface area contributed by atoms with Crippen molar-refractivity contribution in [2.24, 2.45) is 28.1 Å². The molecule has 16 heavy (non-hydrogen) atoms. The molecule has 3 fully saturated rings. The lowest BCUT2D eigenvalue weighted by Gasteiger charge is -2.45. The summed E-state index contributed by atoms with van der Waals surface area (Å²) in [5, 5.41) is 10.6. The molecule has 3 aliphatic rings. The van der Waals surface area contributed by atoms with Crippen LogP contribution in [-0.4, -0.2) is 11.2 Å². The number of rotatable bonds is 0. The molecule has 3 rings (SSSR count). The van der Waals surface area contributed by atoms with Gasteiger partial charge in [0.25, 0.3) is 0 Å². The van der Waals surface area contributed by atoms with Crippen LogP contribution in [0, 0.1) is 28.1 Å². The van der Waals surface area contributed by atoms with Crippen LogP contribution < -0.4 is 0 Å². The molecule has 0 radical (unpaired) electrons. The van der Waals surface area contributed by atoms with Gasteiger partial charge in [0, 0.05) is 5.41 Å². The molecule has 92 valence electrons. The molecule has 0 heterocycles. The van der Waals surface area contributed by atoms with E-state index in [1.54, 1.807) is 0 Å². The van der Waals surface area contributed by atoms with Crippen LogP contribution in [-0.2, 0) is 0 Å². The Bertz CT molecular complexity index is 315. The molecule has 2 unspecified atom stereocenters. The molecule has 0 amide bonds. The van der Waals surface area contributed by atoms with E-state index in [1.807, 2.05) is 0 Å². The van der Waals surface area contributed by atoms with Gasteiger partial charge in [-0.25, -0.2) is 0 Å². The van der Waals surface area contributed by atoms with E-state index >= 15 is 0 Å². The predicted molar refractivity (Wildman–Crippen MR) is 66.1 cm³/mol. The van der Waals surface area contributed by atoms with Gasteiger partial charge in [-0.05, 0) is 54.8 Å². The zero-order valence-electron chi connectivity index (χ0n) is 11.2. The SMILES string of the molecule is CC1CC[C@H]2C(C)(C)C[C@]3(C)CC[C@H](O)C123. The smallest absolute Gasteiger partial charge is 0.0607 e. The molecule has 0 aliphatic heterocycles. The van der Waals surface area contributed by atoms with Crippen molar-refractivity contribution in [2.45, 2.75) is 65.9 Å². The van der Waals surface area contributed by atoms with Gasteiger partial charge in [-0.15, -0.1) is 0 Å². The molecule has 1 nitrogen and oxygen atoms in total. The first-order valence-electron chi connectivity index (χ1n) is 7.03. The van der Waals surface area contributed by atoms with Gasteiger partial charge in [-0.1, -0.05) is 27.7 Å². The van der Waals surface area contributed by atoms with Gasteiger partial charge in [0.2, 0.25) is 0 Å². The van der Waals surface area contributed by atoms with E-state index in [9.17, 15) is 5.11 Å². The molecule has 3 saturated carbocycles. The Kier molecular flexibility index (Phi) is 1.98. The normalized spacial score (nSPS) is 58.7. The fourth-order valence-electron chi connectivity index (χ4n) is 6.53. The molecule has 0 aromatic rings. The van der Waals surface area contributed by atoms with E-state index in [0.717, 1.165) is 18.3 Å². The summed E-state index contributed by atoms with van der Waals surface area (Å²) in [5.74, 6) is 1.49. The molecule has 1 N–H and O–H groups in total. The first-order valence-corrected chi connectivity index (χ1v) is 7.03. The summed E-state index contributed by atoms with van der Waals surface area (Å²) in [6.45, 7) is 9.74. The number of hydrogen-bond acceptors (Lipinski definition) is 1. The maximum absolute atomic E-state index is 10.6. The third-order valence-corrected chi connectivity index (χ3v) is 6.64. The fraction of sp³-hybridized carbons (Fsp3) is 1.00. The van der Waals surface area contributed by atoms with E-state index in [-0.39, 0.29) is 11.5 Å². The summed E-state index contributed by atoms with van der Waals surface area (Å²) in [7, 11) is 0. The zero-order chi connectivity index (χ0) is 11.8. The standard InChI is InChI=1S/C15H26O/c1-10-5-6-11-13(2,3)9-14(4)8-7-12(16)15(10,11)14/h10-12,16H,5-9H2,1-4H3/t10?,11-,12-,14-,15?/m0/s1. The van der Waals surface area contributed by atoms with Crippen LogP contribution >= 0.6 is 0 Å². The topological polar surface area (TPSA) is 20.2 Å². The second-order valence-electron chi connectivity index (χ2n) is 7.74. The highest BCUT2D eigenvalue weighted by Gasteiger charge is 2.72. The van der Waals surface area contributed by atoms with Gasteiger partial charge >= 0.3 is 0 Å². The Morgan fingerprint density at radius 2 is 1.75 bits per heavy atom. The fourth-order valence-corrected chi connectivity index (χ4v) is 6.53. The number of hydrogen-bond donors (Lipinski definition) is 1. The van der Waals surface area contributed by atoms with Crippen molar-refractivity contribution in [1.29, 1.82) is 0 Å². The van der Waals surface area contributed by atoms with Crippen molar-refractivity contribution in [2.75, 3.05) is 0 Å². The second kappa shape index (κ2) is 2.85. The van der Waals surface area contributed by atoms with Crippen LogP contribution in [0.15, 0.2) is 0 Å². The van der Waals surface area contributed by atoms with E-state index in [2.05, 4.69) is 27.7 Å². The lowest BCUT2D eigenvalue weighted by molar-refractivity contribution is -0.0519. The minimum Gasteiger partial charge on any atom is -0.393 e. The molecule has 3 aliphatic carbocycles. The summed E-state index contributed by atoms with van der Waals surface area (Å²) < 4.78 is 0. The monoisotopic (exact) mass is 222 g/mol. The average molecular weight is 222 g/mol. The maximum atomic E-state index is 10.6. The molecule has 0 bridgehead atoms. The van der Waals surface area contributed by atoms with Crippen LogP contribution in [0.2, 0.25) is 0 Å².